The Hall–Kier alpha value is -0.290. The van der Waals surface area contributed by atoms with Gasteiger partial charge in [-0.15, -0.1) is 0 Å². The van der Waals surface area contributed by atoms with E-state index >= 15 is 0 Å². The van der Waals surface area contributed by atoms with Crippen LogP contribution in [0.25, 0.3) is 0 Å². The van der Waals surface area contributed by atoms with E-state index in [1.807, 2.05) is 0 Å². The van der Waals surface area contributed by atoms with Gasteiger partial charge in [-0.05, 0) is 26.3 Å². The molecule has 0 amide bonds. The molecule has 78 valence electrons. The number of alkyl halides is 3. The molecule has 2 N–H and O–H groups in total. The summed E-state index contributed by atoms with van der Waals surface area (Å²) < 4.78 is 37.1. The Balaban J connectivity index is 2.68. The van der Waals surface area contributed by atoms with Gasteiger partial charge in [0.1, 0.15) is 0 Å². The van der Waals surface area contributed by atoms with E-state index in [4.69, 9.17) is 0 Å². The smallest absolute Gasteiger partial charge is 0.380 e. The third-order valence-electron chi connectivity index (χ3n) is 2.66. The highest BCUT2D eigenvalue weighted by molar-refractivity contribution is 4.94. The lowest BCUT2D eigenvalue weighted by molar-refractivity contribution is -0.271. The molecule has 2 unspecified atom stereocenters. The summed E-state index contributed by atoms with van der Waals surface area (Å²) >= 11 is 0. The summed E-state index contributed by atoms with van der Waals surface area (Å²) in [4.78, 5) is 0. The maximum absolute atomic E-state index is 12.4. The second kappa shape index (κ2) is 3.46. The van der Waals surface area contributed by atoms with E-state index in [-0.39, 0.29) is 18.9 Å². The molecule has 0 bridgehead atoms. The van der Waals surface area contributed by atoms with Crippen molar-refractivity contribution in [1.82, 2.24) is 5.32 Å². The number of halogens is 3. The van der Waals surface area contributed by atoms with Crippen molar-refractivity contribution in [2.45, 2.75) is 43.5 Å². The zero-order valence-corrected chi connectivity index (χ0v) is 7.49. The van der Waals surface area contributed by atoms with Gasteiger partial charge in [0.25, 0.3) is 0 Å². The molecule has 0 aromatic carbocycles. The maximum atomic E-state index is 12.4. The molecule has 13 heavy (non-hydrogen) atoms. The van der Waals surface area contributed by atoms with Crippen molar-refractivity contribution in [3.05, 3.63) is 0 Å². The molecule has 0 aromatic rings. The molecule has 0 aliphatic heterocycles. The Morgan fingerprint density at radius 2 is 2.08 bits per heavy atom. The summed E-state index contributed by atoms with van der Waals surface area (Å²) in [6, 6.07) is -0.222. The molecule has 1 aliphatic rings. The summed E-state index contributed by atoms with van der Waals surface area (Å²) in [5, 5.41) is 12.1. The van der Waals surface area contributed by atoms with Gasteiger partial charge in [0, 0.05) is 12.5 Å². The largest absolute Gasteiger partial charge is 0.417 e. The number of nitrogens with one attached hydrogen (secondary N) is 1. The lowest BCUT2D eigenvalue weighted by Gasteiger charge is -2.37. The van der Waals surface area contributed by atoms with Gasteiger partial charge in [0.15, 0.2) is 5.60 Å². The summed E-state index contributed by atoms with van der Waals surface area (Å²) in [6.07, 6.45) is -3.78. The van der Waals surface area contributed by atoms with Crippen molar-refractivity contribution in [1.29, 1.82) is 0 Å². The van der Waals surface area contributed by atoms with Crippen LogP contribution in [0.5, 0.6) is 0 Å². The van der Waals surface area contributed by atoms with Crippen LogP contribution >= 0.6 is 0 Å². The van der Waals surface area contributed by atoms with Crippen LogP contribution in [0.15, 0.2) is 0 Å². The van der Waals surface area contributed by atoms with Crippen LogP contribution in [-0.4, -0.2) is 30.0 Å². The molecule has 1 saturated carbocycles. The molecule has 0 aromatic heterocycles. The molecule has 1 aliphatic carbocycles. The van der Waals surface area contributed by atoms with Gasteiger partial charge >= 0.3 is 6.18 Å². The van der Waals surface area contributed by atoms with E-state index in [9.17, 15) is 18.3 Å². The Morgan fingerprint density at radius 3 is 2.54 bits per heavy atom. The van der Waals surface area contributed by atoms with Gasteiger partial charge < -0.3 is 10.4 Å². The SMILES string of the molecule is CNC1CCCC(O)(C(F)(F)F)C1. The highest BCUT2D eigenvalue weighted by Gasteiger charge is 2.55. The van der Waals surface area contributed by atoms with Crippen LogP contribution in [0.3, 0.4) is 0 Å². The number of aliphatic hydroxyl groups is 1. The van der Waals surface area contributed by atoms with E-state index in [2.05, 4.69) is 5.32 Å². The predicted molar refractivity (Wildman–Crippen MR) is 42.3 cm³/mol. The van der Waals surface area contributed by atoms with E-state index < -0.39 is 11.8 Å². The minimum atomic E-state index is -4.50. The predicted octanol–water partition coefficient (Wildman–Crippen LogP) is 1.44. The van der Waals surface area contributed by atoms with Crippen LogP contribution in [0.4, 0.5) is 13.2 Å². The molecule has 0 heterocycles. The van der Waals surface area contributed by atoms with Crippen LogP contribution in [0.2, 0.25) is 0 Å². The molecule has 1 rings (SSSR count). The van der Waals surface area contributed by atoms with Crippen LogP contribution in [0.1, 0.15) is 25.7 Å². The van der Waals surface area contributed by atoms with E-state index in [1.54, 1.807) is 7.05 Å². The third-order valence-corrected chi connectivity index (χ3v) is 2.66. The van der Waals surface area contributed by atoms with Gasteiger partial charge in [-0.1, -0.05) is 0 Å². The van der Waals surface area contributed by atoms with Crippen molar-refractivity contribution in [3.8, 4) is 0 Å². The third kappa shape index (κ3) is 2.14. The Labute approximate surface area is 75.1 Å². The molecular formula is C8H14F3NO. The quantitative estimate of drug-likeness (QED) is 0.666. The minimum absolute atomic E-state index is 0.172. The van der Waals surface area contributed by atoms with Crippen LogP contribution < -0.4 is 5.32 Å². The Morgan fingerprint density at radius 1 is 1.46 bits per heavy atom. The first kappa shape index (κ1) is 10.8. The van der Waals surface area contributed by atoms with Crippen molar-refractivity contribution < 1.29 is 18.3 Å². The lowest BCUT2D eigenvalue weighted by Crippen LogP contribution is -2.52. The average Bonchev–Trinajstić information content (AvgIpc) is 2.02. The normalized spacial score (nSPS) is 36.2. The zero-order chi connectivity index (χ0) is 10.1. The topological polar surface area (TPSA) is 32.3 Å². The first-order valence-electron chi connectivity index (χ1n) is 4.35. The first-order chi connectivity index (χ1) is 5.89. The highest BCUT2D eigenvalue weighted by atomic mass is 19.4. The molecule has 0 saturated heterocycles. The lowest BCUT2D eigenvalue weighted by atomic mass is 9.81. The van der Waals surface area contributed by atoms with E-state index in [0.29, 0.717) is 12.8 Å². The molecule has 5 heteroatoms. The van der Waals surface area contributed by atoms with Crippen LogP contribution in [0, 0.1) is 0 Å². The van der Waals surface area contributed by atoms with Gasteiger partial charge in [-0.3, -0.25) is 0 Å². The summed E-state index contributed by atoms with van der Waals surface area (Å²) in [5.74, 6) is 0. The monoisotopic (exact) mass is 197 g/mol. The van der Waals surface area contributed by atoms with E-state index in [0.717, 1.165) is 0 Å². The van der Waals surface area contributed by atoms with Gasteiger partial charge in [-0.2, -0.15) is 13.2 Å². The second-order valence-electron chi connectivity index (χ2n) is 3.61. The molecule has 0 spiro atoms. The number of rotatable bonds is 1. The minimum Gasteiger partial charge on any atom is -0.380 e. The fourth-order valence-electron chi connectivity index (χ4n) is 1.76. The zero-order valence-electron chi connectivity index (χ0n) is 7.49. The standard InChI is InChI=1S/C8H14F3NO/c1-12-6-3-2-4-7(13,5-6)8(9,10)11/h6,12-13H,2-5H2,1H3. The second-order valence-corrected chi connectivity index (χ2v) is 3.61. The van der Waals surface area contributed by atoms with Gasteiger partial charge in [0.2, 0.25) is 0 Å². The summed E-state index contributed by atoms with van der Waals surface area (Å²) in [6.45, 7) is 0. The first-order valence-corrected chi connectivity index (χ1v) is 4.35. The average molecular weight is 197 g/mol. The number of hydrogen-bond acceptors (Lipinski definition) is 2. The highest BCUT2D eigenvalue weighted by Crippen LogP contribution is 2.41. The molecule has 1 fully saturated rings. The molecular weight excluding hydrogens is 183 g/mol. The summed E-state index contributed by atoms with van der Waals surface area (Å²) in [7, 11) is 1.62. The Kier molecular flexibility index (Phi) is 2.87. The summed E-state index contributed by atoms with van der Waals surface area (Å²) in [5.41, 5.74) is -2.47. The number of hydrogen-bond donors (Lipinski definition) is 2. The van der Waals surface area contributed by atoms with Crippen molar-refractivity contribution in [3.63, 3.8) is 0 Å². The van der Waals surface area contributed by atoms with Crippen molar-refractivity contribution in [2.24, 2.45) is 0 Å². The maximum Gasteiger partial charge on any atom is 0.417 e. The van der Waals surface area contributed by atoms with Crippen molar-refractivity contribution in [2.75, 3.05) is 7.05 Å². The molecule has 0 radical (unpaired) electrons. The van der Waals surface area contributed by atoms with Crippen LogP contribution in [-0.2, 0) is 0 Å². The van der Waals surface area contributed by atoms with Gasteiger partial charge in [0.05, 0.1) is 0 Å². The van der Waals surface area contributed by atoms with Crippen molar-refractivity contribution >= 4 is 0 Å². The molecule has 2 atom stereocenters. The molecule has 2 nitrogen and oxygen atoms in total. The van der Waals surface area contributed by atoms with E-state index in [1.165, 1.54) is 0 Å². The fourth-order valence-corrected chi connectivity index (χ4v) is 1.76. The fraction of sp³-hybridized carbons (Fsp3) is 1.00. The van der Waals surface area contributed by atoms with Gasteiger partial charge in [-0.25, -0.2) is 0 Å². The Bertz CT molecular complexity index is 183.